The van der Waals surface area contributed by atoms with Crippen LogP contribution >= 0.6 is 27.5 Å². The maximum atomic E-state index is 10.8. The summed E-state index contributed by atoms with van der Waals surface area (Å²) in [6.45, 7) is 1.92. The summed E-state index contributed by atoms with van der Waals surface area (Å²) in [4.78, 5) is 10.8. The zero-order valence-corrected chi connectivity index (χ0v) is 12.0. The molecule has 92 valence electrons. The zero-order valence-electron chi connectivity index (χ0n) is 9.61. The first kappa shape index (κ1) is 13.1. The van der Waals surface area contributed by atoms with Crippen molar-refractivity contribution < 1.29 is 9.53 Å². The largest absolute Gasteiger partial charge is 0.456 e. The Labute approximate surface area is 119 Å². The number of aldehydes is 1. The van der Waals surface area contributed by atoms with E-state index in [1.54, 1.807) is 30.3 Å². The van der Waals surface area contributed by atoms with Gasteiger partial charge in [0.15, 0.2) is 0 Å². The van der Waals surface area contributed by atoms with Gasteiger partial charge in [-0.05, 0) is 52.7 Å². The summed E-state index contributed by atoms with van der Waals surface area (Å²) >= 11 is 9.25. The van der Waals surface area contributed by atoms with Gasteiger partial charge in [-0.3, -0.25) is 4.79 Å². The van der Waals surface area contributed by atoms with Crippen LogP contribution in [0, 0.1) is 6.92 Å². The second-order valence-electron chi connectivity index (χ2n) is 3.82. The fourth-order valence-corrected chi connectivity index (χ4v) is 2.24. The molecular formula is C14H10BrClO2. The predicted molar refractivity (Wildman–Crippen MR) is 75.8 cm³/mol. The molecule has 18 heavy (non-hydrogen) atoms. The average molecular weight is 326 g/mol. The SMILES string of the molecule is Cc1ccc(C=O)cc1Oc1ccc(Cl)cc1Br. The Hall–Kier alpha value is -1.32. The molecule has 0 aliphatic heterocycles. The monoisotopic (exact) mass is 324 g/mol. The topological polar surface area (TPSA) is 26.3 Å². The summed E-state index contributed by atoms with van der Waals surface area (Å²) in [5.41, 5.74) is 1.54. The van der Waals surface area contributed by atoms with Crippen LogP contribution in [0.1, 0.15) is 15.9 Å². The lowest BCUT2D eigenvalue weighted by molar-refractivity contribution is 0.112. The molecule has 0 bridgehead atoms. The third kappa shape index (κ3) is 2.92. The summed E-state index contributed by atoms with van der Waals surface area (Å²) in [7, 11) is 0. The van der Waals surface area contributed by atoms with E-state index in [9.17, 15) is 4.79 Å². The Morgan fingerprint density at radius 1 is 1.17 bits per heavy atom. The second kappa shape index (κ2) is 5.55. The minimum absolute atomic E-state index is 0.584. The van der Waals surface area contributed by atoms with Crippen LogP contribution in [-0.2, 0) is 0 Å². The number of halogens is 2. The van der Waals surface area contributed by atoms with E-state index in [1.807, 2.05) is 13.0 Å². The van der Waals surface area contributed by atoms with Gasteiger partial charge >= 0.3 is 0 Å². The summed E-state index contributed by atoms with van der Waals surface area (Å²) in [6.07, 6.45) is 0.795. The van der Waals surface area contributed by atoms with Crippen LogP contribution in [0.2, 0.25) is 5.02 Å². The van der Waals surface area contributed by atoms with Gasteiger partial charge in [-0.25, -0.2) is 0 Å². The average Bonchev–Trinajstić information content (AvgIpc) is 2.35. The first-order chi connectivity index (χ1) is 8.60. The van der Waals surface area contributed by atoms with Crippen molar-refractivity contribution in [1.82, 2.24) is 0 Å². The van der Waals surface area contributed by atoms with Gasteiger partial charge in [0.25, 0.3) is 0 Å². The number of hydrogen-bond acceptors (Lipinski definition) is 2. The van der Waals surface area contributed by atoms with E-state index in [2.05, 4.69) is 15.9 Å². The molecule has 0 fully saturated rings. The minimum atomic E-state index is 0.584. The highest BCUT2D eigenvalue weighted by molar-refractivity contribution is 9.10. The van der Waals surface area contributed by atoms with Crippen molar-refractivity contribution >= 4 is 33.8 Å². The molecule has 0 N–H and O–H groups in total. The molecule has 0 aliphatic rings. The normalized spacial score (nSPS) is 10.2. The number of hydrogen-bond donors (Lipinski definition) is 0. The Balaban J connectivity index is 2.36. The summed E-state index contributed by atoms with van der Waals surface area (Å²) in [5.74, 6) is 1.31. The molecule has 0 aliphatic carbocycles. The van der Waals surface area contributed by atoms with Crippen LogP contribution in [0.25, 0.3) is 0 Å². The smallest absolute Gasteiger partial charge is 0.150 e. The van der Waals surface area contributed by atoms with Gasteiger partial charge in [-0.15, -0.1) is 0 Å². The molecule has 0 heterocycles. The number of rotatable bonds is 3. The molecule has 0 saturated heterocycles. The fraction of sp³-hybridized carbons (Fsp3) is 0.0714. The van der Waals surface area contributed by atoms with E-state index in [1.165, 1.54) is 0 Å². The number of aryl methyl sites for hydroxylation is 1. The highest BCUT2D eigenvalue weighted by Crippen LogP contribution is 2.33. The van der Waals surface area contributed by atoms with Crippen molar-refractivity contribution in [3.05, 3.63) is 57.0 Å². The van der Waals surface area contributed by atoms with Gasteiger partial charge in [-0.1, -0.05) is 23.7 Å². The Bertz CT molecular complexity index is 596. The molecule has 0 amide bonds. The molecule has 2 aromatic carbocycles. The summed E-state index contributed by atoms with van der Waals surface area (Å²) < 4.78 is 6.54. The molecule has 2 nitrogen and oxygen atoms in total. The predicted octanol–water partition coefficient (Wildman–Crippen LogP) is 5.02. The van der Waals surface area contributed by atoms with E-state index in [4.69, 9.17) is 16.3 Å². The van der Waals surface area contributed by atoms with Crippen molar-refractivity contribution in [3.8, 4) is 11.5 Å². The van der Waals surface area contributed by atoms with E-state index in [0.29, 0.717) is 22.1 Å². The van der Waals surface area contributed by atoms with E-state index in [-0.39, 0.29) is 0 Å². The third-order valence-electron chi connectivity index (χ3n) is 2.46. The molecule has 4 heteroatoms. The quantitative estimate of drug-likeness (QED) is 0.741. The van der Waals surface area contributed by atoms with Crippen molar-refractivity contribution in [2.75, 3.05) is 0 Å². The van der Waals surface area contributed by atoms with Gasteiger partial charge in [-0.2, -0.15) is 0 Å². The van der Waals surface area contributed by atoms with Gasteiger partial charge < -0.3 is 4.74 Å². The summed E-state index contributed by atoms with van der Waals surface area (Å²) in [6, 6.07) is 10.6. The van der Waals surface area contributed by atoms with Gasteiger partial charge in [0, 0.05) is 10.6 Å². The van der Waals surface area contributed by atoms with Gasteiger partial charge in [0.05, 0.1) is 4.47 Å². The Morgan fingerprint density at radius 2 is 1.94 bits per heavy atom. The Morgan fingerprint density at radius 3 is 2.61 bits per heavy atom. The standard InChI is InChI=1S/C14H10BrClO2/c1-9-2-3-10(8-17)6-14(9)18-13-5-4-11(16)7-12(13)15/h2-8H,1H3. The second-order valence-corrected chi connectivity index (χ2v) is 5.11. The van der Waals surface area contributed by atoms with Crippen molar-refractivity contribution in [2.24, 2.45) is 0 Å². The van der Waals surface area contributed by atoms with Crippen LogP contribution in [0.4, 0.5) is 0 Å². The van der Waals surface area contributed by atoms with Crippen LogP contribution in [0.5, 0.6) is 11.5 Å². The van der Waals surface area contributed by atoms with E-state index < -0.39 is 0 Å². The molecule has 2 rings (SSSR count). The van der Waals surface area contributed by atoms with Gasteiger partial charge in [0.2, 0.25) is 0 Å². The van der Waals surface area contributed by atoms with Crippen LogP contribution in [-0.4, -0.2) is 6.29 Å². The van der Waals surface area contributed by atoms with Gasteiger partial charge in [0.1, 0.15) is 17.8 Å². The molecule has 0 saturated carbocycles. The number of ether oxygens (including phenoxy) is 1. The molecule has 0 radical (unpaired) electrons. The minimum Gasteiger partial charge on any atom is -0.456 e. The summed E-state index contributed by atoms with van der Waals surface area (Å²) in [5, 5.41) is 0.632. The van der Waals surface area contributed by atoms with Crippen LogP contribution < -0.4 is 4.74 Å². The molecule has 0 atom stereocenters. The lowest BCUT2D eigenvalue weighted by Crippen LogP contribution is -1.90. The Kier molecular flexibility index (Phi) is 4.04. The molecule has 0 aromatic heterocycles. The molecule has 0 unspecified atom stereocenters. The van der Waals surface area contributed by atoms with Crippen molar-refractivity contribution in [2.45, 2.75) is 6.92 Å². The van der Waals surface area contributed by atoms with Crippen molar-refractivity contribution in [3.63, 3.8) is 0 Å². The number of carbonyl (C=O) groups excluding carboxylic acids is 1. The fourth-order valence-electron chi connectivity index (χ4n) is 1.48. The highest BCUT2D eigenvalue weighted by atomic mass is 79.9. The first-order valence-electron chi connectivity index (χ1n) is 5.29. The maximum Gasteiger partial charge on any atom is 0.150 e. The van der Waals surface area contributed by atoms with E-state index >= 15 is 0 Å². The number of carbonyl (C=O) groups is 1. The van der Waals surface area contributed by atoms with Crippen LogP contribution in [0.15, 0.2) is 40.9 Å². The van der Waals surface area contributed by atoms with Crippen molar-refractivity contribution in [1.29, 1.82) is 0 Å². The highest BCUT2D eigenvalue weighted by Gasteiger charge is 2.06. The molecular weight excluding hydrogens is 316 g/mol. The third-order valence-corrected chi connectivity index (χ3v) is 3.32. The van der Waals surface area contributed by atoms with E-state index in [0.717, 1.165) is 16.3 Å². The van der Waals surface area contributed by atoms with Crippen LogP contribution in [0.3, 0.4) is 0 Å². The zero-order chi connectivity index (χ0) is 13.1. The maximum absolute atomic E-state index is 10.8. The lowest BCUT2D eigenvalue weighted by Gasteiger charge is -2.10. The molecule has 0 spiro atoms. The molecule has 2 aromatic rings. The lowest BCUT2D eigenvalue weighted by atomic mass is 10.1. The number of benzene rings is 2. The first-order valence-corrected chi connectivity index (χ1v) is 6.46.